The molecule has 5 heteroatoms. The van der Waals surface area contributed by atoms with E-state index in [2.05, 4.69) is 32.7 Å². The molecule has 0 radical (unpaired) electrons. The predicted octanol–water partition coefficient (Wildman–Crippen LogP) is 3.49. The maximum atomic E-state index is 11.9. The minimum Gasteiger partial charge on any atom is -0.461 e. The van der Waals surface area contributed by atoms with E-state index in [4.69, 9.17) is 9.47 Å². The van der Waals surface area contributed by atoms with E-state index < -0.39 is 11.9 Å². The van der Waals surface area contributed by atoms with Crippen molar-refractivity contribution in [2.45, 2.75) is 40.5 Å². The summed E-state index contributed by atoms with van der Waals surface area (Å²) in [5.74, 6) is -0.110. The van der Waals surface area contributed by atoms with Crippen LogP contribution in [0.1, 0.15) is 61.5 Å². The second kappa shape index (κ2) is 9.18. The monoisotopic (exact) mass is 307 g/mol. The summed E-state index contributed by atoms with van der Waals surface area (Å²) in [5.41, 5.74) is 0.254. The molecule has 0 aliphatic rings. The molecule has 122 valence electrons. The van der Waals surface area contributed by atoms with E-state index in [0.717, 1.165) is 12.8 Å². The Morgan fingerprint density at radius 1 is 0.909 bits per heavy atom. The Balaban J connectivity index is 2.57. The number of hydrogen-bond acceptors (Lipinski definition) is 5. The molecule has 1 rings (SSSR count). The Bertz CT molecular complexity index is 456. The number of esters is 2. The largest absolute Gasteiger partial charge is 0.461 e. The maximum absolute atomic E-state index is 11.9. The van der Waals surface area contributed by atoms with Gasteiger partial charge in [-0.3, -0.25) is 0 Å². The van der Waals surface area contributed by atoms with Gasteiger partial charge in [-0.05, 0) is 36.8 Å². The molecule has 5 nitrogen and oxygen atoms in total. The lowest BCUT2D eigenvalue weighted by Gasteiger charge is -2.08. The van der Waals surface area contributed by atoms with Gasteiger partial charge in [0.05, 0.1) is 13.2 Å². The van der Waals surface area contributed by atoms with Crippen LogP contribution in [0.5, 0.6) is 0 Å². The molecule has 0 aromatic carbocycles. The smallest absolute Gasteiger partial charge is 0.356 e. The predicted molar refractivity (Wildman–Crippen MR) is 83.7 cm³/mol. The molecule has 1 heterocycles. The highest BCUT2D eigenvalue weighted by Crippen LogP contribution is 2.07. The Morgan fingerprint density at radius 2 is 1.32 bits per heavy atom. The number of nitrogens with zero attached hydrogens (tertiary/aromatic N) is 1. The molecule has 1 aromatic rings. The van der Waals surface area contributed by atoms with Gasteiger partial charge in [0.15, 0.2) is 0 Å². The lowest BCUT2D eigenvalue weighted by Crippen LogP contribution is -2.14. The number of pyridine rings is 1. The van der Waals surface area contributed by atoms with Crippen LogP contribution in [-0.4, -0.2) is 30.1 Å². The average Bonchev–Trinajstić information content (AvgIpc) is 2.46. The molecule has 1 aromatic heterocycles. The van der Waals surface area contributed by atoms with E-state index in [-0.39, 0.29) is 11.4 Å². The van der Waals surface area contributed by atoms with E-state index in [1.807, 2.05) is 0 Å². The van der Waals surface area contributed by atoms with E-state index in [1.165, 1.54) is 12.1 Å². The van der Waals surface area contributed by atoms with E-state index in [0.29, 0.717) is 25.0 Å². The molecule has 0 aliphatic heterocycles. The summed E-state index contributed by atoms with van der Waals surface area (Å²) < 4.78 is 10.3. The first-order valence-electron chi connectivity index (χ1n) is 7.71. The summed E-state index contributed by atoms with van der Waals surface area (Å²) in [6, 6.07) is 4.66. The number of carbonyl (C=O) groups excluding carboxylic acids is 2. The van der Waals surface area contributed by atoms with Gasteiger partial charge in [-0.1, -0.05) is 33.8 Å². The second-order valence-electron chi connectivity index (χ2n) is 6.04. The molecule has 0 unspecified atom stereocenters. The van der Waals surface area contributed by atoms with Gasteiger partial charge in [0.2, 0.25) is 0 Å². The fraction of sp³-hybridized carbons (Fsp3) is 0.588. The third-order valence-corrected chi connectivity index (χ3v) is 3.02. The summed E-state index contributed by atoms with van der Waals surface area (Å²) in [6.45, 7) is 8.92. The van der Waals surface area contributed by atoms with E-state index in [9.17, 15) is 9.59 Å². The number of rotatable bonds is 8. The van der Waals surface area contributed by atoms with Gasteiger partial charge in [-0.2, -0.15) is 0 Å². The Labute approximate surface area is 132 Å². The van der Waals surface area contributed by atoms with Crippen molar-refractivity contribution in [3.05, 3.63) is 29.6 Å². The lowest BCUT2D eigenvalue weighted by molar-refractivity contribution is 0.0473. The third kappa shape index (κ3) is 6.70. The normalized spacial score (nSPS) is 10.8. The zero-order chi connectivity index (χ0) is 16.5. The molecule has 0 atom stereocenters. The van der Waals surface area contributed by atoms with Crippen LogP contribution in [0, 0.1) is 11.8 Å². The van der Waals surface area contributed by atoms with Crippen LogP contribution in [0.25, 0.3) is 0 Å². The fourth-order valence-electron chi connectivity index (χ4n) is 1.58. The number of aromatic nitrogens is 1. The van der Waals surface area contributed by atoms with E-state index >= 15 is 0 Å². The first-order chi connectivity index (χ1) is 10.4. The van der Waals surface area contributed by atoms with Crippen molar-refractivity contribution in [3.63, 3.8) is 0 Å². The fourth-order valence-corrected chi connectivity index (χ4v) is 1.58. The van der Waals surface area contributed by atoms with Crippen LogP contribution in [0.15, 0.2) is 18.2 Å². The molecule has 0 amide bonds. The van der Waals surface area contributed by atoms with Crippen molar-refractivity contribution in [1.82, 2.24) is 4.98 Å². The van der Waals surface area contributed by atoms with Crippen LogP contribution < -0.4 is 0 Å². The van der Waals surface area contributed by atoms with Gasteiger partial charge in [-0.15, -0.1) is 0 Å². The van der Waals surface area contributed by atoms with Crippen molar-refractivity contribution >= 4 is 11.9 Å². The topological polar surface area (TPSA) is 65.5 Å². The molecule has 0 N–H and O–H groups in total. The van der Waals surface area contributed by atoms with Crippen molar-refractivity contribution in [2.24, 2.45) is 11.8 Å². The first kappa shape index (κ1) is 18.1. The Hall–Kier alpha value is -1.91. The Morgan fingerprint density at radius 3 is 1.68 bits per heavy atom. The molecule has 0 saturated heterocycles. The molecule has 0 saturated carbocycles. The summed E-state index contributed by atoms with van der Waals surface area (Å²) in [7, 11) is 0. The van der Waals surface area contributed by atoms with Gasteiger partial charge >= 0.3 is 11.9 Å². The van der Waals surface area contributed by atoms with Gasteiger partial charge in [0.1, 0.15) is 11.4 Å². The van der Waals surface area contributed by atoms with Gasteiger partial charge < -0.3 is 9.47 Å². The number of carbonyl (C=O) groups is 2. The number of ether oxygens (including phenoxy) is 2. The molecule has 0 aliphatic carbocycles. The molecule has 0 bridgehead atoms. The van der Waals surface area contributed by atoms with Crippen LogP contribution in [0.3, 0.4) is 0 Å². The highest BCUT2D eigenvalue weighted by atomic mass is 16.5. The van der Waals surface area contributed by atoms with Crippen LogP contribution in [0.2, 0.25) is 0 Å². The summed E-state index contributed by atoms with van der Waals surface area (Å²) in [4.78, 5) is 27.8. The molecule has 0 spiro atoms. The van der Waals surface area contributed by atoms with Crippen LogP contribution in [-0.2, 0) is 9.47 Å². The molecular formula is C17H25NO4. The minimum absolute atomic E-state index is 0.127. The van der Waals surface area contributed by atoms with Crippen molar-refractivity contribution in [3.8, 4) is 0 Å². The zero-order valence-corrected chi connectivity index (χ0v) is 13.8. The summed E-state index contributed by atoms with van der Waals surface area (Å²) in [6.07, 6.45) is 1.59. The van der Waals surface area contributed by atoms with Gasteiger partial charge in [0, 0.05) is 0 Å². The second-order valence-corrected chi connectivity index (χ2v) is 6.04. The third-order valence-electron chi connectivity index (χ3n) is 3.02. The zero-order valence-electron chi connectivity index (χ0n) is 13.8. The molecule has 22 heavy (non-hydrogen) atoms. The van der Waals surface area contributed by atoms with Gasteiger partial charge in [0.25, 0.3) is 0 Å². The SMILES string of the molecule is CC(C)CCOC(=O)c1cccc(C(=O)OCCC(C)C)n1. The highest BCUT2D eigenvalue weighted by Gasteiger charge is 2.14. The first-order valence-corrected chi connectivity index (χ1v) is 7.71. The lowest BCUT2D eigenvalue weighted by atomic mass is 10.1. The average molecular weight is 307 g/mol. The van der Waals surface area contributed by atoms with Crippen LogP contribution >= 0.6 is 0 Å². The van der Waals surface area contributed by atoms with Crippen LogP contribution in [0.4, 0.5) is 0 Å². The standard InChI is InChI=1S/C17H25NO4/c1-12(2)8-10-21-16(19)14-6-5-7-15(18-14)17(20)22-11-9-13(3)4/h5-7,12-13H,8-11H2,1-4H3. The highest BCUT2D eigenvalue weighted by molar-refractivity contribution is 5.91. The number of hydrogen-bond donors (Lipinski definition) is 0. The van der Waals surface area contributed by atoms with Crippen molar-refractivity contribution < 1.29 is 19.1 Å². The summed E-state index contributed by atoms with van der Waals surface area (Å²) >= 11 is 0. The maximum Gasteiger partial charge on any atom is 0.356 e. The quantitative estimate of drug-likeness (QED) is 0.688. The van der Waals surface area contributed by atoms with Crippen molar-refractivity contribution in [1.29, 1.82) is 0 Å². The van der Waals surface area contributed by atoms with Gasteiger partial charge in [-0.25, -0.2) is 14.6 Å². The Kier molecular flexibility index (Phi) is 7.57. The van der Waals surface area contributed by atoms with E-state index in [1.54, 1.807) is 6.07 Å². The summed E-state index contributed by atoms with van der Waals surface area (Å²) in [5, 5.41) is 0. The van der Waals surface area contributed by atoms with Crippen molar-refractivity contribution in [2.75, 3.05) is 13.2 Å². The molecule has 0 fully saturated rings. The minimum atomic E-state index is -0.516. The molecular weight excluding hydrogens is 282 g/mol.